The lowest BCUT2D eigenvalue weighted by atomic mass is 10.4. The highest BCUT2D eigenvalue weighted by atomic mass is 35.5. The second-order valence-electron chi connectivity index (χ2n) is 3.93. The molecule has 0 amide bonds. The number of hydrogen-bond donors (Lipinski definition) is 1. The third-order valence-electron chi connectivity index (χ3n) is 2.60. The Morgan fingerprint density at radius 3 is 2.76 bits per heavy atom. The van der Waals surface area contributed by atoms with Crippen molar-refractivity contribution in [2.45, 2.75) is 26.4 Å². The molecule has 0 radical (unpaired) electrons. The summed E-state index contributed by atoms with van der Waals surface area (Å²) < 4.78 is 4.07. The lowest BCUT2D eigenvalue weighted by Crippen LogP contribution is -2.05. The number of hydrogen-bond acceptors (Lipinski definition) is 2. The van der Waals surface area contributed by atoms with Crippen LogP contribution in [0.4, 0.5) is 5.82 Å². The van der Waals surface area contributed by atoms with Crippen molar-refractivity contribution in [2.24, 2.45) is 7.05 Å². The Labute approximate surface area is 108 Å². The van der Waals surface area contributed by atoms with Crippen LogP contribution in [-0.2, 0) is 20.1 Å². The maximum Gasteiger partial charge on any atom is 0.148 e. The summed E-state index contributed by atoms with van der Waals surface area (Å²) in [5.74, 6) is 0.939. The Morgan fingerprint density at radius 1 is 1.29 bits per heavy atom. The van der Waals surface area contributed by atoms with E-state index in [0.717, 1.165) is 25.3 Å². The maximum absolute atomic E-state index is 4.43. The highest BCUT2D eigenvalue weighted by Gasteiger charge is 1.99. The van der Waals surface area contributed by atoms with Gasteiger partial charge in [0.2, 0.25) is 0 Å². The molecule has 0 aromatic carbocycles. The Hall–Kier alpha value is -1.42. The van der Waals surface area contributed by atoms with Crippen molar-refractivity contribution < 1.29 is 0 Å². The first kappa shape index (κ1) is 13.6. The van der Waals surface area contributed by atoms with Crippen LogP contribution in [0.2, 0.25) is 0 Å². The van der Waals surface area contributed by atoms with Crippen LogP contribution in [0.3, 0.4) is 0 Å². The Bertz CT molecular complexity index is 447. The van der Waals surface area contributed by atoms with Crippen molar-refractivity contribution >= 4 is 18.2 Å². The van der Waals surface area contributed by atoms with Crippen molar-refractivity contribution in [1.82, 2.24) is 14.3 Å². The monoisotopic (exact) mass is 254 g/mol. The molecule has 2 rings (SSSR count). The van der Waals surface area contributed by atoms with E-state index in [-0.39, 0.29) is 12.4 Å². The van der Waals surface area contributed by atoms with Gasteiger partial charge in [0.15, 0.2) is 0 Å². The van der Waals surface area contributed by atoms with Crippen LogP contribution in [0, 0.1) is 0 Å². The average Bonchev–Trinajstić information content (AvgIpc) is 2.86. The van der Waals surface area contributed by atoms with Gasteiger partial charge in [-0.1, -0.05) is 6.92 Å². The zero-order valence-electron chi connectivity index (χ0n) is 10.3. The van der Waals surface area contributed by atoms with Gasteiger partial charge in [0.05, 0.1) is 6.54 Å². The number of anilines is 1. The standard InChI is InChI=1S/C12H18N4.ClH/c1-3-7-16-9-6-12(14-16)13-10-11-5-4-8-15(11)2;/h4-6,8-9H,3,7,10H2,1-2H3,(H,13,14);1H. The van der Waals surface area contributed by atoms with Crippen LogP contribution >= 0.6 is 12.4 Å². The lowest BCUT2D eigenvalue weighted by Gasteiger charge is -2.04. The number of halogens is 1. The Kier molecular flexibility index (Phi) is 5.10. The Morgan fingerprint density at radius 2 is 2.12 bits per heavy atom. The average molecular weight is 255 g/mol. The van der Waals surface area contributed by atoms with E-state index in [1.54, 1.807) is 0 Å². The van der Waals surface area contributed by atoms with Crippen LogP contribution in [0.5, 0.6) is 0 Å². The van der Waals surface area contributed by atoms with Gasteiger partial charge < -0.3 is 9.88 Å². The molecule has 2 heterocycles. The van der Waals surface area contributed by atoms with E-state index in [4.69, 9.17) is 0 Å². The topological polar surface area (TPSA) is 34.8 Å². The van der Waals surface area contributed by atoms with Gasteiger partial charge in [-0.3, -0.25) is 4.68 Å². The van der Waals surface area contributed by atoms with E-state index in [0.29, 0.717) is 0 Å². The normalized spacial score (nSPS) is 10.0. The predicted molar refractivity (Wildman–Crippen MR) is 72.5 cm³/mol. The van der Waals surface area contributed by atoms with E-state index < -0.39 is 0 Å². The van der Waals surface area contributed by atoms with Gasteiger partial charge in [0, 0.05) is 37.7 Å². The molecular formula is C12H19ClN4. The van der Waals surface area contributed by atoms with E-state index in [9.17, 15) is 0 Å². The van der Waals surface area contributed by atoms with Gasteiger partial charge in [-0.15, -0.1) is 12.4 Å². The van der Waals surface area contributed by atoms with Crippen molar-refractivity contribution in [3.63, 3.8) is 0 Å². The molecule has 2 aromatic rings. The molecule has 2 aromatic heterocycles. The molecule has 0 saturated carbocycles. The Balaban J connectivity index is 0.00000144. The summed E-state index contributed by atoms with van der Waals surface area (Å²) in [7, 11) is 2.05. The molecule has 0 spiro atoms. The fraction of sp³-hybridized carbons (Fsp3) is 0.417. The minimum absolute atomic E-state index is 0. The number of nitrogens with zero attached hydrogens (tertiary/aromatic N) is 3. The molecule has 17 heavy (non-hydrogen) atoms. The number of nitrogens with one attached hydrogen (secondary N) is 1. The second-order valence-corrected chi connectivity index (χ2v) is 3.93. The third kappa shape index (κ3) is 3.53. The minimum atomic E-state index is 0. The molecule has 5 heteroatoms. The number of aryl methyl sites for hydroxylation is 2. The lowest BCUT2D eigenvalue weighted by molar-refractivity contribution is 0.604. The van der Waals surface area contributed by atoms with Crippen molar-refractivity contribution in [3.05, 3.63) is 36.3 Å². The summed E-state index contributed by atoms with van der Waals surface area (Å²) in [5.41, 5.74) is 1.25. The van der Waals surface area contributed by atoms with E-state index in [1.807, 2.05) is 36.3 Å². The van der Waals surface area contributed by atoms with Gasteiger partial charge >= 0.3 is 0 Å². The summed E-state index contributed by atoms with van der Waals surface area (Å²) in [4.78, 5) is 0. The SMILES string of the molecule is CCCn1ccc(NCc2cccn2C)n1.Cl. The highest BCUT2D eigenvalue weighted by molar-refractivity contribution is 5.85. The molecule has 1 N–H and O–H groups in total. The fourth-order valence-electron chi connectivity index (χ4n) is 1.67. The zero-order valence-corrected chi connectivity index (χ0v) is 11.1. The van der Waals surface area contributed by atoms with E-state index in [2.05, 4.69) is 28.0 Å². The summed E-state index contributed by atoms with van der Waals surface area (Å²) in [6.45, 7) is 3.94. The van der Waals surface area contributed by atoms with Crippen molar-refractivity contribution in [2.75, 3.05) is 5.32 Å². The molecule has 0 unspecified atom stereocenters. The molecule has 0 fully saturated rings. The summed E-state index contributed by atoms with van der Waals surface area (Å²) in [6, 6.07) is 6.17. The highest BCUT2D eigenvalue weighted by Crippen LogP contribution is 2.06. The molecule has 94 valence electrons. The van der Waals surface area contributed by atoms with Crippen molar-refractivity contribution in [1.29, 1.82) is 0 Å². The van der Waals surface area contributed by atoms with E-state index >= 15 is 0 Å². The quantitative estimate of drug-likeness (QED) is 0.890. The first-order valence-corrected chi connectivity index (χ1v) is 5.67. The predicted octanol–water partition coefficient (Wildman–Crippen LogP) is 2.67. The first-order valence-electron chi connectivity index (χ1n) is 5.67. The van der Waals surface area contributed by atoms with Crippen LogP contribution in [0.25, 0.3) is 0 Å². The molecule has 0 aliphatic carbocycles. The van der Waals surface area contributed by atoms with Gasteiger partial charge in [-0.2, -0.15) is 5.10 Å². The smallest absolute Gasteiger partial charge is 0.148 e. The van der Waals surface area contributed by atoms with Crippen LogP contribution < -0.4 is 5.32 Å². The van der Waals surface area contributed by atoms with Crippen molar-refractivity contribution in [3.8, 4) is 0 Å². The molecule has 0 aliphatic rings. The van der Waals surface area contributed by atoms with E-state index in [1.165, 1.54) is 5.69 Å². The zero-order chi connectivity index (χ0) is 11.4. The second kappa shape index (κ2) is 6.35. The van der Waals surface area contributed by atoms with Gasteiger partial charge in [0.1, 0.15) is 5.82 Å². The molecule has 4 nitrogen and oxygen atoms in total. The van der Waals surface area contributed by atoms with Gasteiger partial charge in [-0.25, -0.2) is 0 Å². The molecule has 0 aliphatic heterocycles. The number of rotatable bonds is 5. The molecule has 0 saturated heterocycles. The van der Waals surface area contributed by atoms with Crippen LogP contribution in [0.15, 0.2) is 30.6 Å². The molecular weight excluding hydrogens is 236 g/mol. The van der Waals surface area contributed by atoms with Gasteiger partial charge in [0.25, 0.3) is 0 Å². The summed E-state index contributed by atoms with van der Waals surface area (Å²) in [5, 5.41) is 7.74. The largest absolute Gasteiger partial charge is 0.363 e. The summed E-state index contributed by atoms with van der Waals surface area (Å²) >= 11 is 0. The molecule has 0 atom stereocenters. The van der Waals surface area contributed by atoms with Crippen LogP contribution in [0.1, 0.15) is 19.0 Å². The fourth-order valence-corrected chi connectivity index (χ4v) is 1.67. The van der Waals surface area contributed by atoms with Gasteiger partial charge in [-0.05, 0) is 18.6 Å². The first-order chi connectivity index (χ1) is 7.79. The van der Waals surface area contributed by atoms with Crippen LogP contribution in [-0.4, -0.2) is 14.3 Å². The summed E-state index contributed by atoms with van der Waals surface area (Å²) in [6.07, 6.45) is 5.17. The number of aromatic nitrogens is 3. The minimum Gasteiger partial charge on any atom is -0.363 e. The maximum atomic E-state index is 4.43. The third-order valence-corrected chi connectivity index (χ3v) is 2.60. The molecule has 0 bridgehead atoms.